The zero-order chi connectivity index (χ0) is 29.5. The lowest BCUT2D eigenvalue weighted by Crippen LogP contribution is -2.10. The number of carbonyl (C=O) groups is 1. The second-order valence-corrected chi connectivity index (χ2v) is 9.70. The molecule has 5 rings (SSSR count). The Morgan fingerprint density at radius 3 is 2.38 bits per heavy atom. The van der Waals surface area contributed by atoms with Crippen molar-refractivity contribution < 1.29 is 28.1 Å². The molecular formula is C33H32FN3O5. The van der Waals surface area contributed by atoms with Crippen molar-refractivity contribution in [3.8, 4) is 17.1 Å². The van der Waals surface area contributed by atoms with Crippen LogP contribution >= 0.6 is 0 Å². The molecule has 0 unspecified atom stereocenters. The third-order valence-electron chi connectivity index (χ3n) is 6.98. The van der Waals surface area contributed by atoms with Crippen LogP contribution in [0.15, 0.2) is 78.9 Å². The summed E-state index contributed by atoms with van der Waals surface area (Å²) in [5.74, 6) is 0.314. The van der Waals surface area contributed by atoms with Gasteiger partial charge in [-0.05, 0) is 47.0 Å². The highest BCUT2D eigenvalue weighted by molar-refractivity contribution is 5.93. The summed E-state index contributed by atoms with van der Waals surface area (Å²) in [6.07, 6.45) is 0.259. The first-order chi connectivity index (χ1) is 20.5. The predicted molar refractivity (Wildman–Crippen MR) is 157 cm³/mol. The van der Waals surface area contributed by atoms with E-state index in [1.807, 2.05) is 47.0 Å². The van der Waals surface area contributed by atoms with Crippen LogP contribution < -0.4 is 4.74 Å². The van der Waals surface area contributed by atoms with E-state index in [-0.39, 0.29) is 12.2 Å². The Bertz CT molecular complexity index is 1700. The van der Waals surface area contributed by atoms with E-state index in [1.54, 1.807) is 44.6 Å². The van der Waals surface area contributed by atoms with Crippen molar-refractivity contribution in [2.45, 2.75) is 26.2 Å². The molecule has 0 N–H and O–H groups in total. The van der Waals surface area contributed by atoms with E-state index < -0.39 is 5.97 Å². The summed E-state index contributed by atoms with van der Waals surface area (Å²) in [7, 11) is 4.62. The topological polar surface area (TPSA) is 84.7 Å². The standard InChI is InChI=1S/C33H32FN3O5/c1-39-16-15-37-30-18-24(33(38)41-3)13-14-29(30)35-31(37)19-22-11-12-23(17-27(22)34)28-9-6-10-32(36-28)42-21-26-8-5-4-7-25(26)20-40-2/h4-14,17-18H,15-16,19-21H2,1-3H3. The number of nitrogens with zero attached hydrogens (tertiary/aromatic N) is 3. The molecule has 216 valence electrons. The van der Waals surface area contributed by atoms with Gasteiger partial charge in [0.15, 0.2) is 0 Å². The summed E-state index contributed by atoms with van der Waals surface area (Å²) in [5.41, 5.74) is 5.67. The van der Waals surface area contributed by atoms with Gasteiger partial charge in [-0.2, -0.15) is 0 Å². The van der Waals surface area contributed by atoms with Crippen molar-refractivity contribution in [3.63, 3.8) is 0 Å². The molecule has 0 aliphatic rings. The van der Waals surface area contributed by atoms with Crippen molar-refractivity contribution in [1.29, 1.82) is 0 Å². The fraction of sp³-hybridized carbons (Fsp3) is 0.242. The van der Waals surface area contributed by atoms with Gasteiger partial charge in [0.2, 0.25) is 5.88 Å². The molecule has 8 nitrogen and oxygen atoms in total. The highest BCUT2D eigenvalue weighted by Gasteiger charge is 2.17. The molecule has 0 saturated carbocycles. The van der Waals surface area contributed by atoms with Crippen LogP contribution in [0.5, 0.6) is 5.88 Å². The molecule has 0 fully saturated rings. The average molecular weight is 570 g/mol. The molecule has 0 aliphatic heterocycles. The molecule has 0 saturated heterocycles. The molecule has 0 spiro atoms. The van der Waals surface area contributed by atoms with Crippen molar-refractivity contribution >= 4 is 17.0 Å². The largest absolute Gasteiger partial charge is 0.473 e. The molecule has 9 heteroatoms. The number of pyridine rings is 1. The van der Waals surface area contributed by atoms with E-state index in [4.69, 9.17) is 23.9 Å². The first-order valence-corrected chi connectivity index (χ1v) is 13.5. The lowest BCUT2D eigenvalue weighted by molar-refractivity contribution is 0.0601. The van der Waals surface area contributed by atoms with E-state index in [9.17, 15) is 4.79 Å². The molecular weight excluding hydrogens is 537 g/mol. The van der Waals surface area contributed by atoms with Crippen molar-refractivity contribution in [2.24, 2.45) is 0 Å². The first kappa shape index (κ1) is 28.9. The fourth-order valence-electron chi connectivity index (χ4n) is 4.81. The van der Waals surface area contributed by atoms with Gasteiger partial charge in [-0.15, -0.1) is 0 Å². The quantitative estimate of drug-likeness (QED) is 0.171. The molecule has 0 radical (unpaired) electrons. The van der Waals surface area contributed by atoms with Crippen molar-refractivity contribution in [1.82, 2.24) is 14.5 Å². The van der Waals surface area contributed by atoms with E-state index >= 15 is 4.39 Å². The fourth-order valence-corrected chi connectivity index (χ4v) is 4.81. The Morgan fingerprint density at radius 1 is 0.833 bits per heavy atom. The van der Waals surface area contributed by atoms with Crippen LogP contribution in [-0.2, 0) is 40.4 Å². The van der Waals surface area contributed by atoms with Gasteiger partial charge < -0.3 is 23.5 Å². The minimum Gasteiger partial charge on any atom is -0.473 e. The minimum atomic E-state index is -0.432. The van der Waals surface area contributed by atoms with Gasteiger partial charge in [0.05, 0.1) is 42.6 Å². The lowest BCUT2D eigenvalue weighted by atomic mass is 10.1. The Hall–Kier alpha value is -4.60. The summed E-state index contributed by atoms with van der Waals surface area (Å²) >= 11 is 0. The lowest BCUT2D eigenvalue weighted by Gasteiger charge is -2.12. The maximum atomic E-state index is 15.5. The summed E-state index contributed by atoms with van der Waals surface area (Å²) in [4.78, 5) is 21.4. The van der Waals surface area contributed by atoms with Crippen LogP contribution in [0.2, 0.25) is 0 Å². The van der Waals surface area contributed by atoms with Crippen LogP contribution in [0.1, 0.15) is 32.9 Å². The maximum absolute atomic E-state index is 15.5. The molecule has 0 amide bonds. The zero-order valence-electron chi connectivity index (χ0n) is 23.8. The molecule has 0 aliphatic carbocycles. The van der Waals surface area contributed by atoms with E-state index in [0.29, 0.717) is 66.0 Å². The SMILES string of the molecule is COCCn1c(Cc2ccc(-c3cccc(OCc4ccccc4COC)n3)cc2F)nc2ccc(C(=O)OC)cc21. The summed E-state index contributed by atoms with van der Waals surface area (Å²) in [5, 5.41) is 0. The predicted octanol–water partition coefficient (Wildman–Crippen LogP) is 5.99. The number of imidazole rings is 1. The van der Waals surface area contributed by atoms with Crippen LogP contribution in [0.4, 0.5) is 4.39 Å². The van der Waals surface area contributed by atoms with Crippen LogP contribution in [-0.4, -0.2) is 48.4 Å². The van der Waals surface area contributed by atoms with E-state index in [2.05, 4.69) is 4.98 Å². The molecule has 42 heavy (non-hydrogen) atoms. The summed E-state index contributed by atoms with van der Waals surface area (Å²) < 4.78 is 38.8. The number of halogens is 1. The van der Waals surface area contributed by atoms with E-state index in [0.717, 1.165) is 16.6 Å². The number of rotatable bonds is 12. The Kier molecular flexibility index (Phi) is 9.21. The van der Waals surface area contributed by atoms with Crippen LogP contribution in [0.3, 0.4) is 0 Å². The second-order valence-electron chi connectivity index (χ2n) is 9.70. The van der Waals surface area contributed by atoms with E-state index in [1.165, 1.54) is 13.2 Å². The maximum Gasteiger partial charge on any atom is 0.337 e. The number of carbonyl (C=O) groups excluding carboxylic acids is 1. The monoisotopic (exact) mass is 569 g/mol. The number of ether oxygens (including phenoxy) is 4. The second kappa shape index (κ2) is 13.4. The molecule has 0 atom stereocenters. The summed E-state index contributed by atoms with van der Waals surface area (Å²) in [6, 6.07) is 23.6. The minimum absolute atomic E-state index is 0.259. The van der Waals surface area contributed by atoms with Gasteiger partial charge in [-0.3, -0.25) is 0 Å². The number of esters is 1. The van der Waals surface area contributed by atoms with Gasteiger partial charge in [0, 0.05) is 38.8 Å². The van der Waals surface area contributed by atoms with Crippen molar-refractivity contribution in [2.75, 3.05) is 27.9 Å². The third-order valence-corrected chi connectivity index (χ3v) is 6.98. The van der Waals surface area contributed by atoms with Gasteiger partial charge in [0.1, 0.15) is 18.2 Å². The number of methoxy groups -OCH3 is 3. The number of fused-ring (bicyclic) bond motifs is 1. The van der Waals surface area contributed by atoms with Gasteiger partial charge in [0.25, 0.3) is 0 Å². The highest BCUT2D eigenvalue weighted by atomic mass is 19.1. The normalized spacial score (nSPS) is 11.1. The Morgan fingerprint density at radius 2 is 1.64 bits per heavy atom. The third kappa shape index (κ3) is 6.48. The smallest absolute Gasteiger partial charge is 0.337 e. The van der Waals surface area contributed by atoms with Crippen LogP contribution in [0.25, 0.3) is 22.3 Å². The highest BCUT2D eigenvalue weighted by Crippen LogP contribution is 2.26. The molecule has 3 aromatic carbocycles. The van der Waals surface area contributed by atoms with Crippen LogP contribution in [0, 0.1) is 5.82 Å². The molecule has 0 bridgehead atoms. The number of hydrogen-bond acceptors (Lipinski definition) is 7. The molecule has 2 aromatic heterocycles. The molecule has 5 aromatic rings. The average Bonchev–Trinajstić information content (AvgIpc) is 3.36. The van der Waals surface area contributed by atoms with Gasteiger partial charge in [-0.25, -0.2) is 19.2 Å². The summed E-state index contributed by atoms with van der Waals surface area (Å²) in [6.45, 7) is 1.77. The first-order valence-electron chi connectivity index (χ1n) is 13.5. The van der Waals surface area contributed by atoms with Gasteiger partial charge >= 0.3 is 5.97 Å². The number of benzene rings is 3. The Balaban J connectivity index is 1.36. The Labute approximate surface area is 243 Å². The van der Waals surface area contributed by atoms with Crippen molar-refractivity contribution in [3.05, 3.63) is 113 Å². The number of aromatic nitrogens is 3. The zero-order valence-corrected chi connectivity index (χ0v) is 23.8. The van der Waals surface area contributed by atoms with Gasteiger partial charge in [-0.1, -0.05) is 42.5 Å². The molecule has 2 heterocycles. The number of hydrogen-bond donors (Lipinski definition) is 0.